The number of aliphatic hydroxyl groups excluding tert-OH is 3. The fourth-order valence-corrected chi connectivity index (χ4v) is 0.644. The summed E-state index contributed by atoms with van der Waals surface area (Å²) in [5.74, 6) is 0.611. The van der Waals surface area contributed by atoms with Crippen LogP contribution in [-0.2, 0) is 0 Å². The predicted octanol–water partition coefficient (Wildman–Crippen LogP) is 0.665. The lowest BCUT2D eigenvalue weighted by atomic mass is 10.4. The zero-order valence-electron chi connectivity index (χ0n) is 12.0. The van der Waals surface area contributed by atoms with Crippen molar-refractivity contribution in [3.63, 3.8) is 0 Å². The largest absolute Gasteiger partial charge is 0.411 e. The van der Waals surface area contributed by atoms with E-state index in [0.717, 1.165) is 12.1 Å². The Balaban J connectivity index is 0. The highest BCUT2D eigenvalue weighted by Crippen LogP contribution is 1.95. The molecule has 0 saturated heterocycles. The van der Waals surface area contributed by atoms with Gasteiger partial charge >= 0.3 is 0 Å². The molecule has 5 N–H and O–H groups in total. The monoisotopic (exact) mass is 275 g/mol. The van der Waals surface area contributed by atoms with Crippen molar-refractivity contribution in [2.45, 2.75) is 40.2 Å². The smallest absolute Gasteiger partial charge is 0.155 e. The van der Waals surface area contributed by atoms with Crippen molar-refractivity contribution in [3.8, 4) is 0 Å². The molecular formula is C12H25N3O4. The molecule has 0 saturated carbocycles. The number of oxime groups is 1. The molecule has 0 aliphatic heterocycles. The molecule has 0 aliphatic carbocycles. The number of nitrogens with zero attached hydrogens (tertiary/aromatic N) is 2. The van der Waals surface area contributed by atoms with Crippen LogP contribution >= 0.6 is 0 Å². The Morgan fingerprint density at radius 3 is 2.16 bits per heavy atom. The first-order valence-corrected chi connectivity index (χ1v) is 6.03. The average Bonchev–Trinajstić information content (AvgIpc) is 2.85. The number of aryl methyl sites for hydroxylation is 1. The van der Waals surface area contributed by atoms with E-state index in [1.54, 1.807) is 13.1 Å². The molecule has 1 rings (SSSR count). The van der Waals surface area contributed by atoms with Gasteiger partial charge in [0.05, 0.1) is 12.7 Å². The summed E-state index contributed by atoms with van der Waals surface area (Å²) in [5.41, 5.74) is 1.45. The second-order valence-electron chi connectivity index (χ2n) is 3.86. The Bertz CT molecular complexity index is 335. The fourth-order valence-electron chi connectivity index (χ4n) is 0.644. The predicted molar refractivity (Wildman–Crippen MR) is 73.5 cm³/mol. The number of nitrogens with one attached hydrogen (secondary N) is 1. The summed E-state index contributed by atoms with van der Waals surface area (Å²) in [7, 11) is 0. The van der Waals surface area contributed by atoms with Gasteiger partial charge in [-0.05, 0) is 27.2 Å². The van der Waals surface area contributed by atoms with Gasteiger partial charge < -0.3 is 25.5 Å². The van der Waals surface area contributed by atoms with Crippen molar-refractivity contribution in [3.05, 3.63) is 17.7 Å². The summed E-state index contributed by atoms with van der Waals surface area (Å²) in [6.07, 6.45) is 2.00. The molecule has 0 fully saturated rings. The first-order valence-electron chi connectivity index (χ1n) is 6.03. The molecule has 0 aliphatic rings. The summed E-state index contributed by atoms with van der Waals surface area (Å²) in [4.78, 5) is 6.86. The zero-order chi connectivity index (χ0) is 15.3. The molecule has 1 aromatic heterocycles. The number of H-pyrrole nitrogens is 1. The number of hydrogen-bond donors (Lipinski definition) is 5. The Labute approximate surface area is 113 Å². The Kier molecular flexibility index (Phi) is 13.6. The molecule has 0 spiro atoms. The molecule has 7 heteroatoms. The molecule has 112 valence electrons. The average molecular weight is 275 g/mol. The summed E-state index contributed by atoms with van der Waals surface area (Å²) >= 11 is 0. The van der Waals surface area contributed by atoms with E-state index in [0.29, 0.717) is 18.1 Å². The van der Waals surface area contributed by atoms with Crippen molar-refractivity contribution in [2.24, 2.45) is 5.16 Å². The highest BCUT2D eigenvalue weighted by molar-refractivity contribution is 5.94. The number of imidazole rings is 1. The lowest BCUT2D eigenvalue weighted by Gasteiger charge is -1.90. The number of aromatic amines is 1. The maximum Gasteiger partial charge on any atom is 0.155 e. The van der Waals surface area contributed by atoms with Crippen LogP contribution in [0.5, 0.6) is 0 Å². The molecule has 7 nitrogen and oxygen atoms in total. The second kappa shape index (κ2) is 13.0. The van der Waals surface area contributed by atoms with Crippen molar-refractivity contribution in [1.82, 2.24) is 9.97 Å². The van der Waals surface area contributed by atoms with E-state index in [4.69, 9.17) is 20.5 Å². The van der Waals surface area contributed by atoms with Gasteiger partial charge in [-0.2, -0.15) is 0 Å². The van der Waals surface area contributed by atoms with Gasteiger partial charge in [0.25, 0.3) is 0 Å². The molecule has 19 heavy (non-hydrogen) atoms. The van der Waals surface area contributed by atoms with Crippen LogP contribution in [0.1, 0.15) is 38.7 Å². The highest BCUT2D eigenvalue weighted by Gasteiger charge is 1.99. The topological polar surface area (TPSA) is 122 Å². The molecule has 0 bridgehead atoms. The van der Waals surface area contributed by atoms with Gasteiger partial charge in [-0.25, -0.2) is 4.98 Å². The van der Waals surface area contributed by atoms with E-state index < -0.39 is 6.10 Å². The first-order chi connectivity index (χ1) is 8.92. The second-order valence-corrected chi connectivity index (χ2v) is 3.86. The van der Waals surface area contributed by atoms with Crippen LogP contribution in [0.2, 0.25) is 0 Å². The molecule has 0 aromatic carbocycles. The third-order valence-electron chi connectivity index (χ3n) is 1.68. The van der Waals surface area contributed by atoms with Crippen LogP contribution in [0, 0.1) is 6.92 Å². The lowest BCUT2D eigenvalue weighted by Crippen LogP contribution is -2.03. The van der Waals surface area contributed by atoms with E-state index in [2.05, 4.69) is 15.1 Å². The van der Waals surface area contributed by atoms with Crippen molar-refractivity contribution < 1.29 is 20.5 Å². The van der Waals surface area contributed by atoms with E-state index >= 15 is 0 Å². The van der Waals surface area contributed by atoms with Crippen LogP contribution < -0.4 is 0 Å². The molecule has 1 unspecified atom stereocenters. The van der Waals surface area contributed by atoms with E-state index in [1.165, 1.54) is 6.92 Å². The Morgan fingerprint density at radius 1 is 1.47 bits per heavy atom. The van der Waals surface area contributed by atoms with Gasteiger partial charge in [0, 0.05) is 18.5 Å². The first kappa shape index (κ1) is 19.9. The van der Waals surface area contributed by atoms with Crippen LogP contribution in [0.25, 0.3) is 0 Å². The highest BCUT2D eigenvalue weighted by atomic mass is 16.4. The van der Waals surface area contributed by atoms with Gasteiger partial charge in [-0.1, -0.05) is 12.1 Å². The third kappa shape index (κ3) is 12.8. The number of aromatic nitrogens is 2. The maximum absolute atomic E-state index is 8.33. The fraction of sp³-hybridized carbons (Fsp3) is 0.667. The minimum absolute atomic E-state index is 0.139. The van der Waals surface area contributed by atoms with Gasteiger partial charge in [-0.3, -0.25) is 0 Å². The van der Waals surface area contributed by atoms with Crippen LogP contribution in [0.15, 0.2) is 11.4 Å². The Morgan fingerprint density at radius 2 is 1.95 bits per heavy atom. The van der Waals surface area contributed by atoms with Gasteiger partial charge in [-0.15, -0.1) is 0 Å². The third-order valence-corrected chi connectivity index (χ3v) is 1.68. The van der Waals surface area contributed by atoms with E-state index in [1.807, 2.05) is 13.8 Å². The quantitative estimate of drug-likeness (QED) is 0.315. The molecule has 0 amide bonds. The number of aliphatic hydroxyl groups is 3. The van der Waals surface area contributed by atoms with Gasteiger partial charge in [0.15, 0.2) is 5.82 Å². The summed E-state index contributed by atoms with van der Waals surface area (Å²) in [5, 5.41) is 35.2. The van der Waals surface area contributed by atoms with Gasteiger partial charge in [0.1, 0.15) is 5.71 Å². The standard InChI is InChI=1S/C6H9N3O.C3H8O2.C3H8O/c1-4-3-7-6(8-4)5(2)9-10;1-3(5)2-4;1-2-3-4/h3,10H,1-2H3,(H,7,8);3-5H,2H2,1H3;4H,2-3H2,1H3/b9-5+;;. The molecule has 1 heterocycles. The summed E-state index contributed by atoms with van der Waals surface area (Å²) in [6.45, 7) is 7.21. The zero-order valence-corrected chi connectivity index (χ0v) is 12.0. The van der Waals surface area contributed by atoms with Crippen molar-refractivity contribution >= 4 is 5.71 Å². The number of hydrogen-bond acceptors (Lipinski definition) is 6. The summed E-state index contributed by atoms with van der Waals surface area (Å²) < 4.78 is 0. The minimum atomic E-state index is -0.560. The molecule has 1 aromatic rings. The normalized spacial score (nSPS) is 11.8. The molecule has 0 radical (unpaired) electrons. The van der Waals surface area contributed by atoms with E-state index in [9.17, 15) is 0 Å². The lowest BCUT2D eigenvalue weighted by molar-refractivity contribution is 0.110. The van der Waals surface area contributed by atoms with Crippen LogP contribution in [0.4, 0.5) is 0 Å². The summed E-state index contributed by atoms with van der Waals surface area (Å²) in [6, 6.07) is 0. The van der Waals surface area contributed by atoms with Crippen LogP contribution in [-0.4, -0.2) is 55.5 Å². The molecular weight excluding hydrogens is 250 g/mol. The minimum Gasteiger partial charge on any atom is -0.411 e. The molecule has 1 atom stereocenters. The van der Waals surface area contributed by atoms with Crippen molar-refractivity contribution in [1.29, 1.82) is 0 Å². The SMILES string of the molecule is C/C(=N\O)c1ncc(C)[nH]1.CC(O)CO.CCCO. The Hall–Kier alpha value is -1.44. The van der Waals surface area contributed by atoms with Crippen molar-refractivity contribution in [2.75, 3.05) is 13.2 Å². The van der Waals surface area contributed by atoms with E-state index in [-0.39, 0.29) is 6.61 Å². The van der Waals surface area contributed by atoms with Gasteiger partial charge in [0.2, 0.25) is 0 Å². The number of rotatable bonds is 3. The maximum atomic E-state index is 8.33. The van der Waals surface area contributed by atoms with Crippen LogP contribution in [0.3, 0.4) is 0 Å².